The van der Waals surface area contributed by atoms with Gasteiger partial charge in [-0.15, -0.1) is 11.3 Å². The molecule has 0 saturated heterocycles. The second kappa shape index (κ2) is 5.89. The monoisotopic (exact) mass is 263 g/mol. The van der Waals surface area contributed by atoms with E-state index in [0.717, 1.165) is 29.3 Å². The van der Waals surface area contributed by atoms with Crippen molar-refractivity contribution in [2.45, 2.75) is 20.5 Å². The van der Waals surface area contributed by atoms with Crippen LogP contribution in [0.4, 0.5) is 5.69 Å². The summed E-state index contributed by atoms with van der Waals surface area (Å²) in [5.41, 5.74) is 2.99. The molecule has 0 aliphatic rings. The lowest BCUT2D eigenvalue weighted by molar-refractivity contribution is 0.277. The number of hydrogen-bond acceptors (Lipinski definition) is 4. The quantitative estimate of drug-likeness (QED) is 0.862. The fourth-order valence-electron chi connectivity index (χ4n) is 1.70. The number of thiophene rings is 1. The Kier molecular flexibility index (Phi) is 4.23. The van der Waals surface area contributed by atoms with Crippen molar-refractivity contribution in [1.82, 2.24) is 0 Å². The standard InChI is InChI=1S/C14H17NO2S/c1-3-15-12-6-10(2)4-5-13(12)17-14-9-18-8-11(14)7-16/h4-6,8-9,15-16H,3,7H2,1-2H3. The first-order valence-corrected chi connectivity index (χ1v) is 6.87. The molecular weight excluding hydrogens is 246 g/mol. The fourth-order valence-corrected chi connectivity index (χ4v) is 2.44. The largest absolute Gasteiger partial charge is 0.454 e. The van der Waals surface area contributed by atoms with E-state index in [0.29, 0.717) is 0 Å². The first kappa shape index (κ1) is 12.9. The Balaban J connectivity index is 2.28. The smallest absolute Gasteiger partial charge is 0.150 e. The first-order valence-electron chi connectivity index (χ1n) is 5.93. The van der Waals surface area contributed by atoms with E-state index in [1.54, 1.807) is 0 Å². The van der Waals surface area contributed by atoms with Crippen molar-refractivity contribution >= 4 is 17.0 Å². The summed E-state index contributed by atoms with van der Waals surface area (Å²) >= 11 is 1.53. The van der Waals surface area contributed by atoms with Crippen molar-refractivity contribution in [2.24, 2.45) is 0 Å². The molecule has 1 heterocycles. The first-order chi connectivity index (χ1) is 8.74. The van der Waals surface area contributed by atoms with Gasteiger partial charge in [0.05, 0.1) is 12.3 Å². The van der Waals surface area contributed by atoms with E-state index in [-0.39, 0.29) is 6.61 Å². The Morgan fingerprint density at radius 3 is 2.83 bits per heavy atom. The van der Waals surface area contributed by atoms with Crippen LogP contribution in [0.1, 0.15) is 18.1 Å². The molecule has 2 N–H and O–H groups in total. The van der Waals surface area contributed by atoms with Gasteiger partial charge in [-0.05, 0) is 31.5 Å². The Morgan fingerprint density at radius 1 is 1.28 bits per heavy atom. The van der Waals surface area contributed by atoms with Gasteiger partial charge in [-0.3, -0.25) is 0 Å². The lowest BCUT2D eigenvalue weighted by Gasteiger charge is -2.13. The lowest BCUT2D eigenvalue weighted by Crippen LogP contribution is -1.99. The summed E-state index contributed by atoms with van der Waals surface area (Å²) in [7, 11) is 0. The maximum Gasteiger partial charge on any atom is 0.150 e. The van der Waals surface area contributed by atoms with E-state index in [1.807, 2.05) is 29.8 Å². The van der Waals surface area contributed by atoms with E-state index in [1.165, 1.54) is 16.9 Å². The molecule has 0 radical (unpaired) electrons. The van der Waals surface area contributed by atoms with Gasteiger partial charge in [0.1, 0.15) is 5.75 Å². The van der Waals surface area contributed by atoms with Gasteiger partial charge in [0.25, 0.3) is 0 Å². The summed E-state index contributed by atoms with van der Waals surface area (Å²) < 4.78 is 5.87. The van der Waals surface area contributed by atoms with Gasteiger partial charge in [-0.2, -0.15) is 0 Å². The molecule has 18 heavy (non-hydrogen) atoms. The van der Waals surface area contributed by atoms with Gasteiger partial charge in [-0.1, -0.05) is 6.07 Å². The molecule has 1 aromatic heterocycles. The molecule has 2 aromatic rings. The topological polar surface area (TPSA) is 41.5 Å². The molecule has 0 aliphatic carbocycles. The molecular formula is C14H17NO2S. The summed E-state index contributed by atoms with van der Waals surface area (Å²) in [6.07, 6.45) is 0. The van der Waals surface area contributed by atoms with Gasteiger partial charge in [0.15, 0.2) is 5.75 Å². The lowest BCUT2D eigenvalue weighted by atomic mass is 10.2. The van der Waals surface area contributed by atoms with Gasteiger partial charge in [0.2, 0.25) is 0 Å². The molecule has 3 nitrogen and oxygen atoms in total. The molecule has 2 rings (SSSR count). The molecule has 0 spiro atoms. The number of hydrogen-bond donors (Lipinski definition) is 2. The van der Waals surface area contributed by atoms with E-state index < -0.39 is 0 Å². The summed E-state index contributed by atoms with van der Waals surface area (Å²) in [6, 6.07) is 6.02. The Bertz CT molecular complexity index is 522. The predicted molar refractivity (Wildman–Crippen MR) is 75.7 cm³/mol. The molecule has 0 amide bonds. The minimum Gasteiger partial charge on any atom is -0.454 e. The van der Waals surface area contributed by atoms with Crippen LogP contribution in [-0.2, 0) is 6.61 Å². The number of aliphatic hydroxyl groups excluding tert-OH is 1. The maximum atomic E-state index is 9.21. The molecule has 0 bridgehead atoms. The van der Waals surface area contributed by atoms with Crippen molar-refractivity contribution in [2.75, 3.05) is 11.9 Å². The number of aliphatic hydroxyl groups is 1. The Hall–Kier alpha value is -1.52. The Morgan fingerprint density at radius 2 is 2.11 bits per heavy atom. The third-order valence-electron chi connectivity index (χ3n) is 2.59. The molecule has 0 atom stereocenters. The van der Waals surface area contributed by atoms with Crippen LogP contribution >= 0.6 is 11.3 Å². The van der Waals surface area contributed by atoms with Gasteiger partial charge < -0.3 is 15.2 Å². The van der Waals surface area contributed by atoms with Crippen molar-refractivity contribution in [3.05, 3.63) is 40.1 Å². The number of anilines is 1. The summed E-state index contributed by atoms with van der Waals surface area (Å²) in [6.45, 7) is 4.95. The second-order valence-electron chi connectivity index (χ2n) is 4.05. The van der Waals surface area contributed by atoms with Crippen molar-refractivity contribution in [1.29, 1.82) is 0 Å². The van der Waals surface area contributed by atoms with E-state index >= 15 is 0 Å². The zero-order valence-corrected chi connectivity index (χ0v) is 11.4. The van der Waals surface area contributed by atoms with Crippen molar-refractivity contribution in [3.63, 3.8) is 0 Å². The molecule has 0 unspecified atom stereocenters. The van der Waals surface area contributed by atoms with Crippen molar-refractivity contribution < 1.29 is 9.84 Å². The number of aryl methyl sites for hydroxylation is 1. The predicted octanol–water partition coefficient (Wildman–Crippen LogP) is 3.77. The molecule has 0 saturated carbocycles. The van der Waals surface area contributed by atoms with Crippen LogP contribution in [-0.4, -0.2) is 11.7 Å². The van der Waals surface area contributed by atoms with E-state index in [9.17, 15) is 5.11 Å². The number of benzene rings is 1. The zero-order chi connectivity index (χ0) is 13.0. The molecule has 4 heteroatoms. The van der Waals surface area contributed by atoms with Crippen LogP contribution < -0.4 is 10.1 Å². The van der Waals surface area contributed by atoms with Crippen LogP contribution in [0.2, 0.25) is 0 Å². The SMILES string of the molecule is CCNc1cc(C)ccc1Oc1cscc1CO. The van der Waals surface area contributed by atoms with E-state index in [4.69, 9.17) is 4.74 Å². The van der Waals surface area contributed by atoms with Gasteiger partial charge in [0, 0.05) is 22.9 Å². The molecule has 0 aliphatic heterocycles. The number of nitrogens with one attached hydrogen (secondary N) is 1. The molecule has 1 aromatic carbocycles. The van der Waals surface area contributed by atoms with Gasteiger partial charge in [-0.25, -0.2) is 0 Å². The van der Waals surface area contributed by atoms with Crippen LogP contribution in [0.15, 0.2) is 29.0 Å². The average molecular weight is 263 g/mol. The normalized spacial score (nSPS) is 10.4. The highest BCUT2D eigenvalue weighted by molar-refractivity contribution is 7.08. The maximum absolute atomic E-state index is 9.21. The third-order valence-corrected chi connectivity index (χ3v) is 3.37. The highest BCUT2D eigenvalue weighted by atomic mass is 32.1. The Labute approximate surface area is 111 Å². The molecule has 96 valence electrons. The highest BCUT2D eigenvalue weighted by Crippen LogP contribution is 2.34. The fraction of sp³-hybridized carbons (Fsp3) is 0.286. The van der Waals surface area contributed by atoms with Gasteiger partial charge >= 0.3 is 0 Å². The number of ether oxygens (including phenoxy) is 1. The van der Waals surface area contributed by atoms with Crippen molar-refractivity contribution in [3.8, 4) is 11.5 Å². The molecule has 0 fully saturated rings. The third kappa shape index (κ3) is 2.83. The zero-order valence-electron chi connectivity index (χ0n) is 10.6. The summed E-state index contributed by atoms with van der Waals surface area (Å²) in [5, 5.41) is 16.3. The average Bonchev–Trinajstić information content (AvgIpc) is 2.80. The second-order valence-corrected chi connectivity index (χ2v) is 4.79. The summed E-state index contributed by atoms with van der Waals surface area (Å²) in [4.78, 5) is 0. The van der Waals surface area contributed by atoms with Crippen LogP contribution in [0.25, 0.3) is 0 Å². The van der Waals surface area contributed by atoms with Crippen LogP contribution in [0.5, 0.6) is 11.5 Å². The number of rotatable bonds is 5. The van der Waals surface area contributed by atoms with E-state index in [2.05, 4.69) is 18.3 Å². The summed E-state index contributed by atoms with van der Waals surface area (Å²) in [5.74, 6) is 1.51. The van der Waals surface area contributed by atoms with Crippen LogP contribution in [0.3, 0.4) is 0 Å². The highest BCUT2D eigenvalue weighted by Gasteiger charge is 2.09. The minimum atomic E-state index is 0.00122. The minimum absolute atomic E-state index is 0.00122. The van der Waals surface area contributed by atoms with Crippen LogP contribution in [0, 0.1) is 6.92 Å².